The van der Waals surface area contributed by atoms with E-state index in [2.05, 4.69) is 11.3 Å². The molecule has 1 aliphatic heterocycles. The third-order valence-corrected chi connectivity index (χ3v) is 2.55. The number of aliphatic hydroxyl groups is 1. The first-order valence-corrected chi connectivity index (χ1v) is 6.20. The predicted molar refractivity (Wildman–Crippen MR) is 68.6 cm³/mol. The second-order valence-corrected chi connectivity index (χ2v) is 5.48. The Morgan fingerprint density at radius 2 is 1.95 bits per heavy atom. The molecule has 0 radical (unpaired) electrons. The lowest BCUT2D eigenvalue weighted by Crippen LogP contribution is -2.44. The second kappa shape index (κ2) is 6.04. The summed E-state index contributed by atoms with van der Waals surface area (Å²) in [6, 6.07) is -1.04. The topological polar surface area (TPSA) is 93.1 Å². The third kappa shape index (κ3) is 4.34. The van der Waals surface area contributed by atoms with E-state index in [9.17, 15) is 19.5 Å². The summed E-state index contributed by atoms with van der Waals surface area (Å²) in [6.07, 6.45) is -0.746. The SMILES string of the molecule is C=CC(=O)OC(=O)[C@H]1C[C@@H](O)CN1C(=O)OC(C)(C)C. The van der Waals surface area contributed by atoms with Gasteiger partial charge in [0.15, 0.2) is 0 Å². The number of esters is 2. The molecule has 2 atom stereocenters. The maximum atomic E-state index is 12.0. The van der Waals surface area contributed by atoms with Gasteiger partial charge in [0, 0.05) is 12.5 Å². The van der Waals surface area contributed by atoms with Crippen LogP contribution in [0.2, 0.25) is 0 Å². The van der Waals surface area contributed by atoms with Gasteiger partial charge in [-0.25, -0.2) is 14.4 Å². The van der Waals surface area contributed by atoms with Gasteiger partial charge >= 0.3 is 18.0 Å². The van der Waals surface area contributed by atoms with Crippen molar-refractivity contribution >= 4 is 18.0 Å². The van der Waals surface area contributed by atoms with Crippen molar-refractivity contribution in [3.63, 3.8) is 0 Å². The molecular formula is C13H19NO6. The van der Waals surface area contributed by atoms with E-state index in [0.29, 0.717) is 0 Å². The monoisotopic (exact) mass is 285 g/mol. The first kappa shape index (κ1) is 16.2. The van der Waals surface area contributed by atoms with E-state index in [-0.39, 0.29) is 13.0 Å². The summed E-state index contributed by atoms with van der Waals surface area (Å²) in [4.78, 5) is 35.8. The lowest BCUT2D eigenvalue weighted by Gasteiger charge is -2.27. The maximum absolute atomic E-state index is 12.0. The number of hydrogen-bond acceptors (Lipinski definition) is 6. The smallest absolute Gasteiger partial charge is 0.411 e. The first-order chi connectivity index (χ1) is 9.14. The third-order valence-electron chi connectivity index (χ3n) is 2.55. The summed E-state index contributed by atoms with van der Waals surface area (Å²) in [5.74, 6) is -1.81. The summed E-state index contributed by atoms with van der Waals surface area (Å²) in [5, 5.41) is 9.60. The van der Waals surface area contributed by atoms with Crippen LogP contribution in [-0.4, -0.2) is 52.3 Å². The van der Waals surface area contributed by atoms with Crippen LogP contribution in [0.4, 0.5) is 4.79 Å². The highest BCUT2D eigenvalue weighted by Crippen LogP contribution is 2.22. The normalized spacial score (nSPS) is 22.3. The van der Waals surface area contributed by atoms with Gasteiger partial charge in [0.2, 0.25) is 0 Å². The summed E-state index contributed by atoms with van der Waals surface area (Å²) in [5.41, 5.74) is -0.726. The van der Waals surface area contributed by atoms with Gasteiger partial charge in [-0.15, -0.1) is 0 Å². The molecule has 112 valence electrons. The van der Waals surface area contributed by atoms with Crippen molar-refractivity contribution in [2.75, 3.05) is 6.54 Å². The van der Waals surface area contributed by atoms with Crippen LogP contribution in [0.5, 0.6) is 0 Å². The molecule has 0 aromatic rings. The molecule has 1 saturated heterocycles. The average molecular weight is 285 g/mol. The highest BCUT2D eigenvalue weighted by Gasteiger charge is 2.42. The number of hydrogen-bond donors (Lipinski definition) is 1. The van der Waals surface area contributed by atoms with Gasteiger partial charge < -0.3 is 14.6 Å². The molecule has 0 aliphatic carbocycles. The van der Waals surface area contributed by atoms with Crippen molar-refractivity contribution < 1.29 is 29.0 Å². The van der Waals surface area contributed by atoms with Crippen molar-refractivity contribution in [1.29, 1.82) is 0 Å². The quantitative estimate of drug-likeness (QED) is 0.454. The number of likely N-dealkylation sites (tertiary alicyclic amines) is 1. The Hall–Kier alpha value is -1.89. The zero-order chi connectivity index (χ0) is 15.5. The average Bonchev–Trinajstić information content (AvgIpc) is 2.69. The highest BCUT2D eigenvalue weighted by molar-refractivity contribution is 5.94. The van der Waals surface area contributed by atoms with Crippen LogP contribution >= 0.6 is 0 Å². The van der Waals surface area contributed by atoms with Gasteiger partial charge in [0.1, 0.15) is 11.6 Å². The molecule has 1 amide bonds. The standard InChI is InChI=1S/C13H19NO6/c1-5-10(16)19-11(17)9-6-8(15)7-14(9)12(18)20-13(2,3)4/h5,8-9,15H,1,6-7H2,2-4H3/t8-,9-/m1/s1. The fraction of sp³-hybridized carbons (Fsp3) is 0.615. The Bertz CT molecular complexity index is 425. The van der Waals surface area contributed by atoms with Crippen LogP contribution in [0.15, 0.2) is 12.7 Å². The minimum atomic E-state index is -1.04. The summed E-state index contributed by atoms with van der Waals surface area (Å²) in [7, 11) is 0. The van der Waals surface area contributed by atoms with Crippen molar-refractivity contribution in [3.05, 3.63) is 12.7 Å². The van der Waals surface area contributed by atoms with Crippen LogP contribution in [0, 0.1) is 0 Å². The Balaban J connectivity index is 2.78. The number of nitrogens with zero attached hydrogens (tertiary/aromatic N) is 1. The predicted octanol–water partition coefficient (Wildman–Crippen LogP) is 0.612. The van der Waals surface area contributed by atoms with Gasteiger partial charge in [-0.1, -0.05) is 6.58 Å². The van der Waals surface area contributed by atoms with E-state index in [4.69, 9.17) is 4.74 Å². The lowest BCUT2D eigenvalue weighted by atomic mass is 10.2. The van der Waals surface area contributed by atoms with E-state index in [1.54, 1.807) is 20.8 Å². The largest absolute Gasteiger partial charge is 0.444 e. The molecule has 0 saturated carbocycles. The number of rotatable bonds is 2. The number of aliphatic hydroxyl groups excluding tert-OH is 1. The molecule has 0 aromatic carbocycles. The van der Waals surface area contributed by atoms with Gasteiger partial charge in [-0.3, -0.25) is 4.90 Å². The fourth-order valence-electron chi connectivity index (χ4n) is 1.77. The van der Waals surface area contributed by atoms with E-state index in [1.165, 1.54) is 0 Å². The van der Waals surface area contributed by atoms with E-state index < -0.39 is 35.8 Å². The van der Waals surface area contributed by atoms with Crippen LogP contribution in [0.1, 0.15) is 27.2 Å². The molecule has 0 unspecified atom stereocenters. The number of β-amino-alcohol motifs (C(OH)–C–C–N with tert-alkyl or cyclic N) is 1. The summed E-state index contributed by atoms with van der Waals surface area (Å²) >= 11 is 0. The first-order valence-electron chi connectivity index (χ1n) is 6.20. The molecule has 1 rings (SSSR count). The number of ether oxygens (including phenoxy) is 2. The number of amides is 1. The second-order valence-electron chi connectivity index (χ2n) is 5.48. The minimum Gasteiger partial charge on any atom is -0.444 e. The van der Waals surface area contributed by atoms with Crippen LogP contribution in [0.3, 0.4) is 0 Å². The van der Waals surface area contributed by atoms with E-state index in [0.717, 1.165) is 11.0 Å². The lowest BCUT2D eigenvalue weighted by molar-refractivity contribution is -0.159. The van der Waals surface area contributed by atoms with Crippen LogP contribution in [0.25, 0.3) is 0 Å². The molecule has 1 N–H and O–H groups in total. The number of carbonyl (C=O) groups excluding carboxylic acids is 3. The minimum absolute atomic E-state index is 0.00248. The Morgan fingerprint density at radius 1 is 1.35 bits per heavy atom. The van der Waals surface area contributed by atoms with Crippen molar-refractivity contribution in [2.24, 2.45) is 0 Å². The van der Waals surface area contributed by atoms with Gasteiger partial charge in [-0.05, 0) is 20.8 Å². The van der Waals surface area contributed by atoms with Gasteiger partial charge in [0.05, 0.1) is 12.6 Å². The fourth-order valence-corrected chi connectivity index (χ4v) is 1.77. The van der Waals surface area contributed by atoms with Crippen molar-refractivity contribution in [1.82, 2.24) is 4.90 Å². The Morgan fingerprint density at radius 3 is 2.45 bits per heavy atom. The molecule has 1 fully saturated rings. The number of carbonyl (C=O) groups is 3. The Labute approximate surface area is 117 Å². The Kier molecular flexibility index (Phi) is 4.88. The van der Waals surface area contributed by atoms with Gasteiger partial charge in [0.25, 0.3) is 0 Å². The van der Waals surface area contributed by atoms with Crippen LogP contribution in [-0.2, 0) is 19.1 Å². The zero-order valence-electron chi connectivity index (χ0n) is 11.8. The van der Waals surface area contributed by atoms with Crippen molar-refractivity contribution in [3.8, 4) is 0 Å². The van der Waals surface area contributed by atoms with Gasteiger partial charge in [-0.2, -0.15) is 0 Å². The molecule has 0 spiro atoms. The highest BCUT2D eigenvalue weighted by atomic mass is 16.6. The molecule has 1 aliphatic rings. The maximum Gasteiger partial charge on any atom is 0.411 e. The molecule has 7 nitrogen and oxygen atoms in total. The van der Waals surface area contributed by atoms with Crippen molar-refractivity contribution in [2.45, 2.75) is 44.9 Å². The molecular weight excluding hydrogens is 266 g/mol. The molecule has 7 heteroatoms. The molecule has 0 aromatic heterocycles. The van der Waals surface area contributed by atoms with Crippen LogP contribution < -0.4 is 0 Å². The summed E-state index contributed by atoms with van der Waals surface area (Å²) in [6.45, 7) is 8.19. The van der Waals surface area contributed by atoms with E-state index in [1.807, 2.05) is 0 Å². The van der Waals surface area contributed by atoms with E-state index >= 15 is 0 Å². The summed E-state index contributed by atoms with van der Waals surface area (Å²) < 4.78 is 9.63. The zero-order valence-corrected chi connectivity index (χ0v) is 11.8. The molecule has 1 heterocycles. The molecule has 20 heavy (non-hydrogen) atoms. The molecule has 0 bridgehead atoms.